The van der Waals surface area contributed by atoms with Crippen LogP contribution in [0.15, 0.2) is 12.7 Å². The molecule has 2 fully saturated rings. The summed E-state index contributed by atoms with van der Waals surface area (Å²) in [6, 6.07) is 0.454. The van der Waals surface area contributed by atoms with Gasteiger partial charge in [0.1, 0.15) is 12.7 Å². The Labute approximate surface area is 131 Å². The number of ether oxygens (including phenoxy) is 1. The Morgan fingerprint density at radius 1 is 1.18 bits per heavy atom. The van der Waals surface area contributed by atoms with Crippen molar-refractivity contribution < 1.29 is 9.84 Å². The molecular formula is C15H27N5O2. The summed E-state index contributed by atoms with van der Waals surface area (Å²) in [7, 11) is 0. The molecule has 7 nitrogen and oxygen atoms in total. The third-order valence-corrected chi connectivity index (χ3v) is 4.63. The van der Waals surface area contributed by atoms with E-state index in [0.29, 0.717) is 6.04 Å². The second-order valence-corrected chi connectivity index (χ2v) is 6.33. The van der Waals surface area contributed by atoms with E-state index in [1.165, 1.54) is 19.3 Å². The number of hydrogen-bond donors (Lipinski definition) is 1. The molecule has 2 saturated heterocycles. The quantitative estimate of drug-likeness (QED) is 0.787. The Kier molecular flexibility index (Phi) is 5.77. The van der Waals surface area contributed by atoms with Crippen LogP contribution in [0.5, 0.6) is 0 Å². The Hall–Kier alpha value is -1.02. The standard InChI is InChI=1S/C15H27N5O2/c21-15(10-18-5-7-22-8-6-18)11-19-4-2-1-3-14(19)9-20-13-16-12-17-20/h12-15,21H,1-11H2/t14-,15+/m1/s1. The zero-order valence-electron chi connectivity index (χ0n) is 13.2. The first-order chi connectivity index (χ1) is 10.8. The molecule has 3 rings (SSSR count). The van der Waals surface area contributed by atoms with Gasteiger partial charge in [-0.2, -0.15) is 5.10 Å². The predicted molar refractivity (Wildman–Crippen MR) is 82.5 cm³/mol. The molecule has 0 radical (unpaired) electrons. The van der Waals surface area contributed by atoms with Crippen LogP contribution in [0.1, 0.15) is 19.3 Å². The zero-order valence-corrected chi connectivity index (χ0v) is 13.2. The SMILES string of the molecule is O[C@@H](CN1CCOCC1)CN1CCCC[C@@H]1Cn1cncn1. The minimum Gasteiger partial charge on any atom is -0.390 e. The fourth-order valence-corrected chi connectivity index (χ4v) is 3.46. The summed E-state index contributed by atoms with van der Waals surface area (Å²) in [4.78, 5) is 8.74. The monoisotopic (exact) mass is 309 g/mol. The average Bonchev–Trinajstić information content (AvgIpc) is 3.03. The van der Waals surface area contributed by atoms with Crippen molar-refractivity contribution in [3.05, 3.63) is 12.7 Å². The molecule has 0 amide bonds. The van der Waals surface area contributed by atoms with Crippen LogP contribution in [0, 0.1) is 0 Å². The maximum atomic E-state index is 10.4. The average molecular weight is 309 g/mol. The number of hydrogen-bond acceptors (Lipinski definition) is 6. The minimum absolute atomic E-state index is 0.297. The van der Waals surface area contributed by atoms with Gasteiger partial charge in [-0.25, -0.2) is 4.98 Å². The van der Waals surface area contributed by atoms with Gasteiger partial charge in [-0.1, -0.05) is 6.42 Å². The van der Waals surface area contributed by atoms with Gasteiger partial charge in [0.15, 0.2) is 0 Å². The van der Waals surface area contributed by atoms with Gasteiger partial charge in [0, 0.05) is 32.2 Å². The number of aromatic nitrogens is 3. The first-order valence-electron chi connectivity index (χ1n) is 8.36. The molecule has 1 aromatic heterocycles. The Bertz CT molecular complexity index is 422. The number of morpholine rings is 1. The van der Waals surface area contributed by atoms with E-state index < -0.39 is 0 Å². The molecule has 7 heteroatoms. The highest BCUT2D eigenvalue weighted by atomic mass is 16.5. The summed E-state index contributed by atoms with van der Waals surface area (Å²) in [5, 5.41) is 14.7. The number of rotatable bonds is 6. The van der Waals surface area contributed by atoms with E-state index in [2.05, 4.69) is 19.9 Å². The van der Waals surface area contributed by atoms with Crippen LogP contribution < -0.4 is 0 Å². The largest absolute Gasteiger partial charge is 0.390 e. The second kappa shape index (κ2) is 8.01. The summed E-state index contributed by atoms with van der Waals surface area (Å²) in [5.74, 6) is 0. The van der Waals surface area contributed by atoms with Crippen LogP contribution in [0.2, 0.25) is 0 Å². The van der Waals surface area contributed by atoms with Crippen molar-refractivity contribution in [2.75, 3.05) is 45.9 Å². The number of β-amino-alcohol motifs (C(OH)–C–C–N with tert-alkyl or cyclic N) is 1. The topological polar surface area (TPSA) is 66.7 Å². The van der Waals surface area contributed by atoms with Crippen molar-refractivity contribution in [3.8, 4) is 0 Å². The van der Waals surface area contributed by atoms with Crippen LogP contribution in [-0.4, -0.2) is 87.8 Å². The summed E-state index contributed by atoms with van der Waals surface area (Å²) in [5.41, 5.74) is 0. The van der Waals surface area contributed by atoms with Crippen molar-refractivity contribution >= 4 is 0 Å². The van der Waals surface area contributed by atoms with Crippen molar-refractivity contribution in [1.82, 2.24) is 24.6 Å². The molecule has 0 bridgehead atoms. The van der Waals surface area contributed by atoms with Crippen LogP contribution in [-0.2, 0) is 11.3 Å². The van der Waals surface area contributed by atoms with Gasteiger partial charge in [0.2, 0.25) is 0 Å². The molecule has 2 aliphatic heterocycles. The van der Waals surface area contributed by atoms with E-state index in [9.17, 15) is 5.11 Å². The molecule has 124 valence electrons. The van der Waals surface area contributed by atoms with E-state index in [0.717, 1.165) is 52.5 Å². The minimum atomic E-state index is -0.297. The van der Waals surface area contributed by atoms with E-state index in [1.54, 1.807) is 12.7 Å². The lowest BCUT2D eigenvalue weighted by Crippen LogP contribution is -2.49. The fraction of sp³-hybridized carbons (Fsp3) is 0.867. The number of likely N-dealkylation sites (tertiary alicyclic amines) is 1. The summed E-state index contributed by atoms with van der Waals surface area (Å²) in [6.07, 6.45) is 6.71. The van der Waals surface area contributed by atoms with Gasteiger partial charge in [0.25, 0.3) is 0 Å². The number of aliphatic hydroxyl groups excluding tert-OH is 1. The van der Waals surface area contributed by atoms with Crippen LogP contribution in [0.3, 0.4) is 0 Å². The Morgan fingerprint density at radius 2 is 2.05 bits per heavy atom. The maximum Gasteiger partial charge on any atom is 0.137 e. The molecule has 1 aromatic rings. The van der Waals surface area contributed by atoms with Crippen molar-refractivity contribution in [3.63, 3.8) is 0 Å². The smallest absolute Gasteiger partial charge is 0.137 e. The van der Waals surface area contributed by atoms with Crippen molar-refractivity contribution in [2.45, 2.75) is 38.0 Å². The number of piperidine rings is 1. The van der Waals surface area contributed by atoms with Crippen LogP contribution in [0.4, 0.5) is 0 Å². The Balaban J connectivity index is 1.49. The summed E-state index contributed by atoms with van der Waals surface area (Å²) in [6.45, 7) is 6.85. The summed E-state index contributed by atoms with van der Waals surface area (Å²) < 4.78 is 7.26. The Morgan fingerprint density at radius 3 is 2.82 bits per heavy atom. The fourth-order valence-electron chi connectivity index (χ4n) is 3.46. The van der Waals surface area contributed by atoms with E-state index in [4.69, 9.17) is 4.74 Å². The van der Waals surface area contributed by atoms with Gasteiger partial charge in [0.05, 0.1) is 25.9 Å². The molecule has 3 heterocycles. The molecule has 0 saturated carbocycles. The lowest BCUT2D eigenvalue weighted by Gasteiger charge is -2.38. The number of nitrogens with zero attached hydrogens (tertiary/aromatic N) is 5. The maximum absolute atomic E-state index is 10.4. The number of aliphatic hydroxyl groups is 1. The highest BCUT2D eigenvalue weighted by Gasteiger charge is 2.26. The van der Waals surface area contributed by atoms with Gasteiger partial charge < -0.3 is 9.84 Å². The highest BCUT2D eigenvalue weighted by Crippen LogP contribution is 2.18. The van der Waals surface area contributed by atoms with Crippen LogP contribution >= 0.6 is 0 Å². The van der Waals surface area contributed by atoms with Crippen molar-refractivity contribution in [1.29, 1.82) is 0 Å². The third kappa shape index (κ3) is 4.49. The molecule has 2 aliphatic rings. The van der Waals surface area contributed by atoms with Gasteiger partial charge >= 0.3 is 0 Å². The normalized spacial score (nSPS) is 26.1. The molecule has 0 unspecified atom stereocenters. The van der Waals surface area contributed by atoms with E-state index in [1.807, 2.05) is 4.68 Å². The van der Waals surface area contributed by atoms with Crippen LogP contribution in [0.25, 0.3) is 0 Å². The predicted octanol–water partition coefficient (Wildman–Crippen LogP) is -0.174. The van der Waals surface area contributed by atoms with Gasteiger partial charge in [-0.15, -0.1) is 0 Å². The molecular weight excluding hydrogens is 282 g/mol. The first kappa shape index (κ1) is 15.9. The summed E-state index contributed by atoms with van der Waals surface area (Å²) >= 11 is 0. The molecule has 0 aliphatic carbocycles. The molecule has 2 atom stereocenters. The molecule has 0 aromatic carbocycles. The molecule has 0 spiro atoms. The molecule has 22 heavy (non-hydrogen) atoms. The first-order valence-corrected chi connectivity index (χ1v) is 8.36. The lowest BCUT2D eigenvalue weighted by atomic mass is 10.0. The molecule has 1 N–H and O–H groups in total. The van der Waals surface area contributed by atoms with E-state index >= 15 is 0 Å². The second-order valence-electron chi connectivity index (χ2n) is 6.33. The zero-order chi connectivity index (χ0) is 15.2. The van der Waals surface area contributed by atoms with E-state index in [-0.39, 0.29) is 6.10 Å². The lowest BCUT2D eigenvalue weighted by molar-refractivity contribution is -0.00184. The highest BCUT2D eigenvalue weighted by molar-refractivity contribution is 4.80. The van der Waals surface area contributed by atoms with Gasteiger partial charge in [-0.3, -0.25) is 14.5 Å². The van der Waals surface area contributed by atoms with Gasteiger partial charge in [-0.05, 0) is 19.4 Å². The third-order valence-electron chi connectivity index (χ3n) is 4.63. The van der Waals surface area contributed by atoms with Crippen molar-refractivity contribution in [2.24, 2.45) is 0 Å².